The molecule has 0 spiro atoms. The van der Waals surface area contributed by atoms with Crippen LogP contribution < -0.4 is 4.99 Å². The minimum atomic E-state index is -6.00. The van der Waals surface area contributed by atoms with Gasteiger partial charge < -0.3 is 22.0 Å². The molecule has 3 aromatic rings. The maximum absolute atomic E-state index is 9.75. The number of hydrogen-bond donors (Lipinski definition) is 1. The van der Waals surface area contributed by atoms with Crippen LogP contribution in [0.15, 0.2) is 97.1 Å². The fraction of sp³-hybridized carbons (Fsp3) is 0.0455. The fourth-order valence-corrected chi connectivity index (χ4v) is 2.84. The van der Waals surface area contributed by atoms with Gasteiger partial charge in [-0.05, 0) is 12.1 Å². The van der Waals surface area contributed by atoms with E-state index in [0.29, 0.717) is 0 Å². The average molecular weight is 399 g/mol. The summed E-state index contributed by atoms with van der Waals surface area (Å²) in [4.78, 5) is 3.50. The molecule has 3 aromatic carbocycles. The van der Waals surface area contributed by atoms with E-state index in [4.69, 9.17) is 4.74 Å². The average Bonchev–Trinajstić information content (AvgIpc) is 2.74. The molecule has 0 bridgehead atoms. The summed E-state index contributed by atoms with van der Waals surface area (Å²) in [6.07, 6.45) is 2.14. The molecule has 1 heterocycles. The van der Waals surface area contributed by atoms with Crippen molar-refractivity contribution < 1.29 is 27.0 Å². The number of hydrogen-bond acceptors (Lipinski definition) is 1. The van der Waals surface area contributed by atoms with Gasteiger partial charge in [0.05, 0.1) is 5.56 Å². The summed E-state index contributed by atoms with van der Waals surface area (Å²) in [5, 5.41) is 0. The van der Waals surface area contributed by atoms with Crippen molar-refractivity contribution >= 4 is 18.9 Å². The summed E-state index contributed by atoms with van der Waals surface area (Å²) in [6.45, 7) is 0. The van der Waals surface area contributed by atoms with Gasteiger partial charge in [0, 0.05) is 17.2 Å². The quantitative estimate of drug-likeness (QED) is 0.504. The highest BCUT2D eigenvalue weighted by molar-refractivity contribution is 6.50. The Morgan fingerprint density at radius 3 is 1.62 bits per heavy atom. The van der Waals surface area contributed by atoms with Gasteiger partial charge in [0.1, 0.15) is 5.76 Å². The molecule has 1 N–H and O–H groups in total. The molecule has 1 aliphatic rings. The van der Waals surface area contributed by atoms with Crippen LogP contribution in [0.4, 0.5) is 17.3 Å². The van der Waals surface area contributed by atoms with Crippen LogP contribution in [-0.4, -0.2) is 13.2 Å². The Kier molecular flexibility index (Phi) is 6.49. The molecule has 0 aliphatic carbocycles. The summed E-state index contributed by atoms with van der Waals surface area (Å²) in [7, 11) is -6.00. The van der Waals surface area contributed by atoms with E-state index >= 15 is 0 Å². The lowest BCUT2D eigenvalue weighted by Crippen LogP contribution is -2.76. The Bertz CT molecular complexity index is 912. The minimum absolute atomic E-state index is 0.0744. The standard InChI is InChI=1S/C22H17NO.BF4/c1-4-10-17(11-5-1)20-16-21(18-12-6-2-7-13-18)24-22(23-20)19-14-8-3-9-15-19;2-1(3,4)5/h1-16,20H;/q;-1/p+1. The molecule has 0 fully saturated rings. The zero-order valence-corrected chi connectivity index (χ0v) is 15.3. The van der Waals surface area contributed by atoms with Crippen molar-refractivity contribution in [2.24, 2.45) is 0 Å². The molecule has 2 nitrogen and oxygen atoms in total. The molecule has 1 atom stereocenters. The molecule has 0 saturated carbocycles. The summed E-state index contributed by atoms with van der Waals surface area (Å²) in [5.41, 5.74) is 3.33. The number of benzene rings is 3. The zero-order valence-electron chi connectivity index (χ0n) is 15.3. The van der Waals surface area contributed by atoms with Gasteiger partial charge in [-0.3, -0.25) is 0 Å². The normalized spacial score (nSPS) is 15.9. The van der Waals surface area contributed by atoms with Crippen LogP contribution in [0.5, 0.6) is 0 Å². The van der Waals surface area contributed by atoms with Gasteiger partial charge >= 0.3 is 13.2 Å². The smallest absolute Gasteiger partial charge is 0.418 e. The van der Waals surface area contributed by atoms with Crippen molar-refractivity contribution in [2.75, 3.05) is 0 Å². The third-order valence-corrected chi connectivity index (χ3v) is 4.07. The van der Waals surface area contributed by atoms with Crippen LogP contribution in [0.1, 0.15) is 22.7 Å². The molecular formula is C22H18BF4NO. The predicted octanol–water partition coefficient (Wildman–Crippen LogP) is 4.63. The molecule has 0 amide bonds. The largest absolute Gasteiger partial charge is 0.673 e. The lowest BCUT2D eigenvalue weighted by Gasteiger charge is -2.17. The third-order valence-electron chi connectivity index (χ3n) is 4.07. The maximum atomic E-state index is 9.75. The Hall–Kier alpha value is -3.35. The number of ether oxygens (including phenoxy) is 1. The van der Waals surface area contributed by atoms with E-state index in [1.54, 1.807) is 0 Å². The first-order valence-electron chi connectivity index (χ1n) is 8.96. The van der Waals surface area contributed by atoms with Gasteiger partial charge in [0.15, 0.2) is 0 Å². The van der Waals surface area contributed by atoms with E-state index in [1.165, 1.54) is 5.56 Å². The number of rotatable bonds is 3. The van der Waals surface area contributed by atoms with Crippen LogP contribution >= 0.6 is 0 Å². The summed E-state index contributed by atoms with van der Waals surface area (Å²) in [5.74, 6) is 1.66. The molecule has 29 heavy (non-hydrogen) atoms. The van der Waals surface area contributed by atoms with Crippen LogP contribution in [0.3, 0.4) is 0 Å². The van der Waals surface area contributed by atoms with E-state index in [-0.39, 0.29) is 6.04 Å². The van der Waals surface area contributed by atoms with Crippen molar-refractivity contribution in [1.29, 1.82) is 0 Å². The lowest BCUT2D eigenvalue weighted by molar-refractivity contribution is -0.505. The molecule has 0 radical (unpaired) electrons. The van der Waals surface area contributed by atoms with Crippen LogP contribution in [0.2, 0.25) is 0 Å². The van der Waals surface area contributed by atoms with Gasteiger partial charge in [-0.15, -0.1) is 0 Å². The van der Waals surface area contributed by atoms with E-state index in [0.717, 1.165) is 22.8 Å². The lowest BCUT2D eigenvalue weighted by atomic mass is 10.0. The van der Waals surface area contributed by atoms with Gasteiger partial charge in [-0.2, -0.15) is 4.99 Å². The number of nitrogens with one attached hydrogen (secondary N) is 1. The van der Waals surface area contributed by atoms with Crippen molar-refractivity contribution in [1.82, 2.24) is 0 Å². The molecule has 0 saturated heterocycles. The Morgan fingerprint density at radius 2 is 1.10 bits per heavy atom. The van der Waals surface area contributed by atoms with Crippen LogP contribution in [-0.2, 0) is 4.74 Å². The molecule has 148 valence electrons. The summed E-state index contributed by atoms with van der Waals surface area (Å²) in [6, 6.07) is 30.9. The van der Waals surface area contributed by atoms with Crippen LogP contribution in [0.25, 0.3) is 5.76 Å². The molecule has 7 heteroatoms. The van der Waals surface area contributed by atoms with Gasteiger partial charge in [0.2, 0.25) is 6.04 Å². The van der Waals surface area contributed by atoms with E-state index < -0.39 is 7.25 Å². The van der Waals surface area contributed by atoms with E-state index in [1.807, 2.05) is 42.5 Å². The van der Waals surface area contributed by atoms with Crippen LogP contribution in [0, 0.1) is 0 Å². The summed E-state index contributed by atoms with van der Waals surface area (Å²) < 4.78 is 45.2. The van der Waals surface area contributed by atoms with Gasteiger partial charge in [-0.25, -0.2) is 0 Å². The predicted molar refractivity (Wildman–Crippen MR) is 106 cm³/mol. The highest BCUT2D eigenvalue weighted by Gasteiger charge is 2.26. The Labute approximate surface area is 166 Å². The van der Waals surface area contributed by atoms with E-state index in [9.17, 15) is 17.3 Å². The monoisotopic (exact) mass is 399 g/mol. The molecule has 4 rings (SSSR count). The van der Waals surface area contributed by atoms with Crippen molar-refractivity contribution in [3.63, 3.8) is 0 Å². The first-order valence-corrected chi connectivity index (χ1v) is 8.96. The first-order chi connectivity index (χ1) is 13.9. The second kappa shape index (κ2) is 9.23. The highest BCUT2D eigenvalue weighted by atomic mass is 19.5. The molecule has 0 aromatic heterocycles. The maximum Gasteiger partial charge on any atom is 0.673 e. The second-order valence-corrected chi connectivity index (χ2v) is 6.22. The molecular weight excluding hydrogens is 381 g/mol. The topological polar surface area (TPSA) is 23.2 Å². The highest BCUT2D eigenvalue weighted by Crippen LogP contribution is 2.23. The minimum Gasteiger partial charge on any atom is -0.418 e. The number of halogens is 4. The zero-order chi connectivity index (χ0) is 20.7. The molecule has 1 unspecified atom stereocenters. The second-order valence-electron chi connectivity index (χ2n) is 6.22. The van der Waals surface area contributed by atoms with Gasteiger partial charge in [0.25, 0.3) is 0 Å². The van der Waals surface area contributed by atoms with E-state index in [2.05, 4.69) is 59.6 Å². The van der Waals surface area contributed by atoms with Crippen molar-refractivity contribution in [3.8, 4) is 0 Å². The Balaban J connectivity index is 0.000000431. The third kappa shape index (κ3) is 6.35. The van der Waals surface area contributed by atoms with Gasteiger partial charge in [-0.1, -0.05) is 78.9 Å². The first kappa shape index (κ1) is 20.4. The summed E-state index contributed by atoms with van der Waals surface area (Å²) >= 11 is 0. The van der Waals surface area contributed by atoms with Crippen molar-refractivity contribution in [2.45, 2.75) is 6.04 Å². The molecule has 1 aliphatic heterocycles. The fourth-order valence-electron chi connectivity index (χ4n) is 2.84. The SMILES string of the molecule is C1=C(c2ccccc2)OC(c2ccccc2)=[NH+]C1c1ccccc1.F[B-](F)(F)F. The Morgan fingerprint density at radius 1 is 0.655 bits per heavy atom. The van der Waals surface area contributed by atoms with Crippen molar-refractivity contribution in [3.05, 3.63) is 114 Å².